The minimum absolute atomic E-state index is 0.0158. The minimum Gasteiger partial charge on any atom is -0.487 e. The molecule has 0 unspecified atom stereocenters. The van der Waals surface area contributed by atoms with Crippen LogP contribution in [-0.4, -0.2) is 36.8 Å². The van der Waals surface area contributed by atoms with Crippen molar-refractivity contribution in [3.05, 3.63) is 71.3 Å². The molecule has 1 fully saturated rings. The van der Waals surface area contributed by atoms with Gasteiger partial charge in [0.1, 0.15) is 35.3 Å². The molecule has 1 aliphatic carbocycles. The van der Waals surface area contributed by atoms with Crippen LogP contribution in [0.3, 0.4) is 0 Å². The van der Waals surface area contributed by atoms with Crippen LogP contribution in [0.1, 0.15) is 48.7 Å². The number of aliphatic carboxylic acids is 1. The Labute approximate surface area is 224 Å². The van der Waals surface area contributed by atoms with Gasteiger partial charge in [-0.1, -0.05) is 18.9 Å². The maximum Gasteiger partial charge on any atom is 0.573 e. The van der Waals surface area contributed by atoms with E-state index >= 15 is 4.39 Å². The van der Waals surface area contributed by atoms with E-state index in [4.69, 9.17) is 4.74 Å². The summed E-state index contributed by atoms with van der Waals surface area (Å²) in [5, 5.41) is 14.1. The van der Waals surface area contributed by atoms with Crippen molar-refractivity contribution >= 4 is 17.0 Å². The van der Waals surface area contributed by atoms with Gasteiger partial charge in [-0.05, 0) is 25.0 Å². The Balaban J connectivity index is 1.57. The summed E-state index contributed by atoms with van der Waals surface area (Å²) in [6, 6.07) is 7.15. The SMILES string of the molecule is Cn1ccc(COc2cc(F)c3nc([C@H]4CCCC[C@H]4C(=O)O)n(Cc4ccc(OC(F)(F)F)cc4F)c3c2)n1. The molecule has 0 bridgehead atoms. The van der Waals surface area contributed by atoms with Crippen LogP contribution in [0, 0.1) is 17.6 Å². The van der Waals surface area contributed by atoms with Gasteiger partial charge >= 0.3 is 12.3 Å². The highest BCUT2D eigenvalue weighted by atomic mass is 19.4. The maximum absolute atomic E-state index is 15.3. The van der Waals surface area contributed by atoms with Crippen molar-refractivity contribution in [3.8, 4) is 11.5 Å². The average molecular weight is 565 g/mol. The second kappa shape index (κ2) is 10.8. The summed E-state index contributed by atoms with van der Waals surface area (Å²) in [6.45, 7) is -0.193. The molecule has 1 saturated carbocycles. The van der Waals surface area contributed by atoms with Gasteiger partial charge in [-0.15, -0.1) is 13.2 Å². The van der Waals surface area contributed by atoms with Gasteiger partial charge in [-0.2, -0.15) is 5.10 Å². The molecule has 5 rings (SSSR count). The molecule has 212 valence electrons. The molecule has 4 aromatic rings. The number of rotatable bonds is 8. The lowest BCUT2D eigenvalue weighted by atomic mass is 9.78. The van der Waals surface area contributed by atoms with Crippen LogP contribution in [0.2, 0.25) is 0 Å². The third-order valence-corrected chi connectivity index (χ3v) is 6.97. The molecule has 1 N–H and O–H groups in total. The molecule has 1 aliphatic rings. The molecule has 2 heterocycles. The second-order valence-electron chi connectivity index (χ2n) is 9.74. The maximum atomic E-state index is 15.3. The Morgan fingerprint density at radius 3 is 2.50 bits per heavy atom. The fourth-order valence-corrected chi connectivity index (χ4v) is 5.16. The fraction of sp³-hybridized carbons (Fsp3) is 0.370. The fourth-order valence-electron chi connectivity index (χ4n) is 5.16. The zero-order valence-corrected chi connectivity index (χ0v) is 21.3. The van der Waals surface area contributed by atoms with Crippen molar-refractivity contribution in [1.29, 1.82) is 0 Å². The molecule has 2 aromatic heterocycles. The van der Waals surface area contributed by atoms with Gasteiger partial charge in [-0.3, -0.25) is 9.48 Å². The minimum atomic E-state index is -4.99. The number of carboxylic acids is 1. The van der Waals surface area contributed by atoms with Crippen molar-refractivity contribution in [2.45, 2.75) is 51.1 Å². The van der Waals surface area contributed by atoms with Gasteiger partial charge in [0, 0.05) is 42.9 Å². The lowest BCUT2D eigenvalue weighted by molar-refractivity contribution is -0.274. The predicted molar refractivity (Wildman–Crippen MR) is 132 cm³/mol. The van der Waals surface area contributed by atoms with Crippen molar-refractivity contribution in [2.24, 2.45) is 13.0 Å². The quantitative estimate of drug-likeness (QED) is 0.267. The number of fused-ring (bicyclic) bond motifs is 1. The standard InChI is InChI=1S/C27H25F5N4O4/c1-35-9-8-16(34-35)14-39-18-11-22(29)24-23(12-18)36(25(33-24)19-4-2-3-5-20(19)26(37)38)13-15-6-7-17(10-21(15)28)40-27(30,31)32/h6-12,19-20H,2-5,13-14H2,1H3,(H,37,38)/t19-,20+/m0/s1. The van der Waals surface area contributed by atoms with Gasteiger partial charge in [-0.25, -0.2) is 13.8 Å². The van der Waals surface area contributed by atoms with Gasteiger partial charge in [0.25, 0.3) is 0 Å². The van der Waals surface area contributed by atoms with Gasteiger partial charge in [0.05, 0.1) is 23.7 Å². The zero-order valence-electron chi connectivity index (χ0n) is 21.3. The summed E-state index contributed by atoms with van der Waals surface area (Å²) >= 11 is 0. The van der Waals surface area contributed by atoms with E-state index in [2.05, 4.69) is 14.8 Å². The van der Waals surface area contributed by atoms with Crippen LogP contribution in [0.15, 0.2) is 42.6 Å². The molecule has 0 spiro atoms. The first kappa shape index (κ1) is 27.4. The first-order valence-electron chi connectivity index (χ1n) is 12.6. The zero-order chi connectivity index (χ0) is 28.6. The Bertz CT molecular complexity index is 1550. The van der Waals surface area contributed by atoms with E-state index < -0.39 is 41.6 Å². The molecule has 0 amide bonds. The normalized spacial score (nSPS) is 17.8. The van der Waals surface area contributed by atoms with E-state index in [1.807, 2.05) is 0 Å². The van der Waals surface area contributed by atoms with Crippen LogP contribution in [0.4, 0.5) is 22.0 Å². The Kier molecular flexibility index (Phi) is 7.39. The van der Waals surface area contributed by atoms with E-state index in [0.29, 0.717) is 31.0 Å². The second-order valence-corrected chi connectivity index (χ2v) is 9.74. The van der Waals surface area contributed by atoms with E-state index in [1.165, 1.54) is 10.6 Å². The summed E-state index contributed by atoms with van der Waals surface area (Å²) in [7, 11) is 1.74. The van der Waals surface area contributed by atoms with Crippen molar-refractivity contribution in [1.82, 2.24) is 19.3 Å². The number of hydrogen-bond donors (Lipinski definition) is 1. The number of imidazole rings is 1. The van der Waals surface area contributed by atoms with Crippen molar-refractivity contribution in [2.75, 3.05) is 0 Å². The number of halogens is 5. The van der Waals surface area contributed by atoms with E-state index in [-0.39, 0.29) is 41.3 Å². The van der Waals surface area contributed by atoms with E-state index in [0.717, 1.165) is 24.6 Å². The highest BCUT2D eigenvalue weighted by Gasteiger charge is 2.36. The third kappa shape index (κ3) is 5.87. The molecular weight excluding hydrogens is 539 g/mol. The molecule has 8 nitrogen and oxygen atoms in total. The van der Waals surface area contributed by atoms with Crippen molar-refractivity contribution < 1.29 is 41.3 Å². The number of alkyl halides is 3. The number of aryl methyl sites for hydroxylation is 1. The lowest BCUT2D eigenvalue weighted by Gasteiger charge is -2.28. The monoisotopic (exact) mass is 564 g/mol. The summed E-state index contributed by atoms with van der Waals surface area (Å²) in [4.78, 5) is 16.5. The van der Waals surface area contributed by atoms with Gasteiger partial charge in [0.2, 0.25) is 0 Å². The highest BCUT2D eigenvalue weighted by molar-refractivity contribution is 5.79. The van der Waals surface area contributed by atoms with Crippen LogP contribution < -0.4 is 9.47 Å². The van der Waals surface area contributed by atoms with E-state index in [1.54, 1.807) is 24.0 Å². The molecule has 2 atom stereocenters. The van der Waals surface area contributed by atoms with Crippen LogP contribution in [-0.2, 0) is 25.0 Å². The predicted octanol–water partition coefficient (Wildman–Crippen LogP) is 5.93. The molecule has 40 heavy (non-hydrogen) atoms. The number of nitrogens with zero attached hydrogens (tertiary/aromatic N) is 4. The molecule has 0 radical (unpaired) electrons. The van der Waals surface area contributed by atoms with Crippen molar-refractivity contribution in [3.63, 3.8) is 0 Å². The summed E-state index contributed by atoms with van der Waals surface area (Å²) in [5.41, 5.74) is 0.771. The number of benzene rings is 2. The molecule has 13 heteroatoms. The third-order valence-electron chi connectivity index (χ3n) is 6.97. The van der Waals surface area contributed by atoms with Crippen LogP contribution in [0.5, 0.6) is 11.5 Å². The number of aromatic nitrogens is 4. The number of ether oxygens (including phenoxy) is 2. The van der Waals surface area contributed by atoms with E-state index in [9.17, 15) is 27.5 Å². The van der Waals surface area contributed by atoms with Gasteiger partial charge < -0.3 is 19.1 Å². The number of hydrogen-bond acceptors (Lipinski definition) is 5. The topological polar surface area (TPSA) is 91.4 Å². The smallest absolute Gasteiger partial charge is 0.487 e. The number of carboxylic acid groups (broad SMARTS) is 1. The number of carbonyl (C=O) groups is 1. The summed E-state index contributed by atoms with van der Waals surface area (Å²) in [6.07, 6.45) is -0.933. The van der Waals surface area contributed by atoms with Gasteiger partial charge in [0.15, 0.2) is 5.82 Å². The Morgan fingerprint density at radius 2 is 1.82 bits per heavy atom. The Morgan fingerprint density at radius 1 is 1.07 bits per heavy atom. The molecule has 2 aromatic carbocycles. The average Bonchev–Trinajstić information content (AvgIpc) is 3.47. The summed E-state index contributed by atoms with van der Waals surface area (Å²) in [5.74, 6) is -4.37. The first-order valence-corrected chi connectivity index (χ1v) is 12.6. The Hall–Kier alpha value is -4.16. The molecule has 0 aliphatic heterocycles. The largest absolute Gasteiger partial charge is 0.573 e. The molecular formula is C27H25F5N4O4. The highest BCUT2D eigenvalue weighted by Crippen LogP contribution is 2.40. The van der Waals surface area contributed by atoms with Crippen LogP contribution >= 0.6 is 0 Å². The first-order chi connectivity index (χ1) is 19.0. The lowest BCUT2D eigenvalue weighted by Crippen LogP contribution is -2.28. The summed E-state index contributed by atoms with van der Waals surface area (Å²) < 4.78 is 80.8. The molecule has 0 saturated heterocycles. The van der Waals surface area contributed by atoms with Crippen LogP contribution in [0.25, 0.3) is 11.0 Å².